The molecule has 0 aliphatic heterocycles. The largest absolute Gasteiger partial charge is 0.481 e. The second-order valence-corrected chi connectivity index (χ2v) is 5.31. The Kier molecular flexibility index (Phi) is 5.86. The van der Waals surface area contributed by atoms with Gasteiger partial charge in [-0.25, -0.2) is 0 Å². The molecular formula is C14H26O2. The Morgan fingerprint density at radius 1 is 1.06 bits per heavy atom. The molecule has 0 aromatic rings. The van der Waals surface area contributed by atoms with Crippen LogP contribution < -0.4 is 0 Å². The number of hydrogen-bond acceptors (Lipinski definition) is 1. The third kappa shape index (κ3) is 3.80. The summed E-state index contributed by atoms with van der Waals surface area (Å²) < 4.78 is 0. The molecule has 0 unspecified atom stereocenters. The Labute approximate surface area is 99.4 Å². The molecule has 0 saturated heterocycles. The van der Waals surface area contributed by atoms with E-state index in [0.29, 0.717) is 0 Å². The summed E-state index contributed by atoms with van der Waals surface area (Å²) in [6, 6.07) is 0. The van der Waals surface area contributed by atoms with Crippen LogP contribution >= 0.6 is 0 Å². The molecule has 2 heteroatoms. The van der Waals surface area contributed by atoms with E-state index in [1.807, 2.05) is 0 Å². The molecule has 0 bridgehead atoms. The molecule has 1 N–H and O–H groups in total. The Balaban J connectivity index is 2.00. The highest BCUT2D eigenvalue weighted by Crippen LogP contribution is 2.45. The van der Waals surface area contributed by atoms with Crippen molar-refractivity contribution in [3.8, 4) is 0 Å². The number of carboxylic acids is 1. The van der Waals surface area contributed by atoms with E-state index in [2.05, 4.69) is 6.92 Å². The van der Waals surface area contributed by atoms with Crippen molar-refractivity contribution in [3.05, 3.63) is 0 Å². The molecule has 1 rings (SSSR count). The smallest absolute Gasteiger partial charge is 0.309 e. The van der Waals surface area contributed by atoms with Gasteiger partial charge < -0.3 is 5.11 Å². The van der Waals surface area contributed by atoms with Gasteiger partial charge in [-0.1, -0.05) is 58.3 Å². The average Bonchev–Trinajstić information content (AvgIpc) is 2.19. The minimum atomic E-state index is -0.551. The van der Waals surface area contributed by atoms with Gasteiger partial charge in [0.1, 0.15) is 0 Å². The van der Waals surface area contributed by atoms with Crippen molar-refractivity contribution in [1.29, 1.82) is 0 Å². The second-order valence-electron chi connectivity index (χ2n) is 5.31. The first-order valence-electron chi connectivity index (χ1n) is 6.95. The van der Waals surface area contributed by atoms with E-state index in [0.717, 1.165) is 32.1 Å². The third-order valence-electron chi connectivity index (χ3n) is 4.02. The van der Waals surface area contributed by atoms with Gasteiger partial charge in [-0.15, -0.1) is 0 Å². The van der Waals surface area contributed by atoms with Crippen molar-refractivity contribution in [2.75, 3.05) is 0 Å². The molecule has 1 saturated carbocycles. The van der Waals surface area contributed by atoms with Crippen LogP contribution in [0.5, 0.6) is 0 Å². The highest BCUT2D eigenvalue weighted by atomic mass is 16.4. The molecule has 1 aliphatic rings. The van der Waals surface area contributed by atoms with Gasteiger partial charge >= 0.3 is 5.97 Å². The summed E-state index contributed by atoms with van der Waals surface area (Å²) in [4.78, 5) is 11.1. The zero-order valence-electron chi connectivity index (χ0n) is 10.6. The van der Waals surface area contributed by atoms with E-state index in [9.17, 15) is 4.79 Å². The summed E-state index contributed by atoms with van der Waals surface area (Å²) in [6.07, 6.45) is 12.8. The van der Waals surface area contributed by atoms with Gasteiger partial charge in [-0.3, -0.25) is 4.79 Å². The van der Waals surface area contributed by atoms with E-state index in [4.69, 9.17) is 5.11 Å². The Hall–Kier alpha value is -0.530. The molecule has 0 atom stereocenters. The molecule has 0 aromatic carbocycles. The highest BCUT2D eigenvalue weighted by molar-refractivity contribution is 5.75. The van der Waals surface area contributed by atoms with Crippen molar-refractivity contribution >= 4 is 5.97 Å². The van der Waals surface area contributed by atoms with Gasteiger partial charge in [0.2, 0.25) is 0 Å². The van der Waals surface area contributed by atoms with Gasteiger partial charge in [0.15, 0.2) is 0 Å². The summed E-state index contributed by atoms with van der Waals surface area (Å²) >= 11 is 0. The minimum Gasteiger partial charge on any atom is -0.481 e. The van der Waals surface area contributed by atoms with E-state index in [1.165, 1.54) is 38.5 Å². The number of unbranched alkanes of at least 4 members (excludes halogenated alkanes) is 6. The van der Waals surface area contributed by atoms with Gasteiger partial charge in [-0.05, 0) is 19.3 Å². The fourth-order valence-electron chi connectivity index (χ4n) is 2.59. The number of carbonyl (C=O) groups is 1. The van der Waals surface area contributed by atoms with Crippen molar-refractivity contribution in [2.45, 2.75) is 77.6 Å². The molecule has 94 valence electrons. The Morgan fingerprint density at radius 2 is 1.62 bits per heavy atom. The first-order valence-corrected chi connectivity index (χ1v) is 6.95. The summed E-state index contributed by atoms with van der Waals surface area (Å²) in [5, 5.41) is 9.16. The van der Waals surface area contributed by atoms with Crippen LogP contribution in [0.2, 0.25) is 0 Å². The van der Waals surface area contributed by atoms with Gasteiger partial charge in [0, 0.05) is 0 Å². The molecule has 0 radical (unpaired) electrons. The van der Waals surface area contributed by atoms with Crippen LogP contribution in [-0.2, 0) is 4.79 Å². The molecule has 2 nitrogen and oxygen atoms in total. The Bertz CT molecular complexity index is 207. The Morgan fingerprint density at radius 3 is 2.06 bits per heavy atom. The maximum Gasteiger partial charge on any atom is 0.309 e. The van der Waals surface area contributed by atoms with Crippen molar-refractivity contribution in [3.63, 3.8) is 0 Å². The van der Waals surface area contributed by atoms with Crippen LogP contribution in [0, 0.1) is 5.41 Å². The molecular weight excluding hydrogens is 200 g/mol. The van der Waals surface area contributed by atoms with Crippen LogP contribution in [0.25, 0.3) is 0 Å². The lowest BCUT2D eigenvalue weighted by atomic mass is 9.66. The maximum atomic E-state index is 11.1. The van der Waals surface area contributed by atoms with E-state index in [-0.39, 0.29) is 5.41 Å². The number of hydrogen-bond donors (Lipinski definition) is 1. The van der Waals surface area contributed by atoms with Gasteiger partial charge in [-0.2, -0.15) is 0 Å². The van der Waals surface area contributed by atoms with E-state index < -0.39 is 5.97 Å². The van der Waals surface area contributed by atoms with Crippen molar-refractivity contribution < 1.29 is 9.90 Å². The van der Waals surface area contributed by atoms with Crippen LogP contribution in [0.1, 0.15) is 77.6 Å². The highest BCUT2D eigenvalue weighted by Gasteiger charge is 2.43. The van der Waals surface area contributed by atoms with Crippen LogP contribution in [0.15, 0.2) is 0 Å². The first-order chi connectivity index (χ1) is 7.71. The number of rotatable bonds is 9. The summed E-state index contributed by atoms with van der Waals surface area (Å²) in [5.41, 5.74) is -0.316. The lowest BCUT2D eigenvalue weighted by molar-refractivity contribution is -0.155. The lowest BCUT2D eigenvalue weighted by Crippen LogP contribution is -2.37. The topological polar surface area (TPSA) is 37.3 Å². The standard InChI is InChI=1S/C14H26O2/c1-2-3-4-5-6-7-8-10-14(13(15)16)11-9-12-14/h2-12H2,1H3,(H,15,16). The fourth-order valence-corrected chi connectivity index (χ4v) is 2.59. The normalized spacial score (nSPS) is 18.1. The zero-order chi connectivity index (χ0) is 11.9. The first kappa shape index (κ1) is 13.5. The van der Waals surface area contributed by atoms with Crippen molar-refractivity contribution in [1.82, 2.24) is 0 Å². The van der Waals surface area contributed by atoms with E-state index in [1.54, 1.807) is 0 Å². The van der Waals surface area contributed by atoms with Crippen LogP contribution in [-0.4, -0.2) is 11.1 Å². The molecule has 1 aliphatic carbocycles. The lowest BCUT2D eigenvalue weighted by Gasteiger charge is -2.37. The predicted molar refractivity (Wildman–Crippen MR) is 66.5 cm³/mol. The SMILES string of the molecule is CCCCCCCCCC1(C(=O)O)CCC1. The van der Waals surface area contributed by atoms with Gasteiger partial charge in [0.05, 0.1) is 5.41 Å². The average molecular weight is 226 g/mol. The van der Waals surface area contributed by atoms with Crippen LogP contribution in [0.3, 0.4) is 0 Å². The number of aliphatic carboxylic acids is 1. The predicted octanol–water partition coefficient (Wildman–Crippen LogP) is 4.38. The van der Waals surface area contributed by atoms with E-state index >= 15 is 0 Å². The summed E-state index contributed by atoms with van der Waals surface area (Å²) in [5.74, 6) is -0.551. The molecule has 0 amide bonds. The van der Waals surface area contributed by atoms with Crippen molar-refractivity contribution in [2.24, 2.45) is 5.41 Å². The molecule has 16 heavy (non-hydrogen) atoms. The minimum absolute atomic E-state index is 0.316. The summed E-state index contributed by atoms with van der Waals surface area (Å²) in [6.45, 7) is 2.23. The maximum absolute atomic E-state index is 11.1. The third-order valence-corrected chi connectivity index (χ3v) is 4.02. The number of carboxylic acid groups (broad SMARTS) is 1. The quantitative estimate of drug-likeness (QED) is 0.592. The molecule has 0 spiro atoms. The summed E-state index contributed by atoms with van der Waals surface area (Å²) in [7, 11) is 0. The zero-order valence-corrected chi connectivity index (χ0v) is 10.6. The second kappa shape index (κ2) is 6.93. The van der Waals surface area contributed by atoms with Gasteiger partial charge in [0.25, 0.3) is 0 Å². The fraction of sp³-hybridized carbons (Fsp3) is 0.929. The molecule has 0 heterocycles. The monoisotopic (exact) mass is 226 g/mol. The van der Waals surface area contributed by atoms with Crippen LogP contribution in [0.4, 0.5) is 0 Å². The molecule has 1 fully saturated rings. The molecule has 0 aromatic heterocycles.